The molecule has 1 aliphatic carbocycles. The van der Waals surface area contributed by atoms with Crippen molar-refractivity contribution in [3.63, 3.8) is 0 Å². The van der Waals surface area contributed by atoms with Crippen LogP contribution in [0.3, 0.4) is 0 Å². The van der Waals surface area contributed by atoms with Crippen LogP contribution in [-0.2, 0) is 4.79 Å². The molecular formula is C12H20F3NOS. The zero-order valence-electron chi connectivity index (χ0n) is 10.6. The van der Waals surface area contributed by atoms with E-state index in [1.165, 1.54) is 11.8 Å². The minimum Gasteiger partial charge on any atom is -0.353 e. The van der Waals surface area contributed by atoms with Gasteiger partial charge in [0.25, 0.3) is 0 Å². The van der Waals surface area contributed by atoms with Crippen LogP contribution in [0, 0.1) is 5.92 Å². The Bertz CT molecular complexity index is 271. The Morgan fingerprint density at radius 2 is 2.11 bits per heavy atom. The second-order valence-electron chi connectivity index (χ2n) is 4.72. The van der Waals surface area contributed by atoms with Gasteiger partial charge in [-0.15, -0.1) is 0 Å². The fraction of sp³-hybridized carbons (Fsp3) is 0.917. The first kappa shape index (κ1) is 15.7. The van der Waals surface area contributed by atoms with E-state index in [9.17, 15) is 18.0 Å². The van der Waals surface area contributed by atoms with Crippen LogP contribution in [-0.4, -0.2) is 29.6 Å². The molecule has 2 unspecified atom stereocenters. The Kier molecular flexibility index (Phi) is 6.32. The van der Waals surface area contributed by atoms with E-state index >= 15 is 0 Å². The largest absolute Gasteiger partial charge is 0.391 e. The summed E-state index contributed by atoms with van der Waals surface area (Å²) in [6.45, 7) is 2.03. The minimum absolute atomic E-state index is 0.0354. The maximum absolute atomic E-state index is 12.6. The molecular weight excluding hydrogens is 263 g/mol. The van der Waals surface area contributed by atoms with Gasteiger partial charge in [0.05, 0.1) is 11.7 Å². The van der Waals surface area contributed by atoms with Crippen molar-refractivity contribution in [2.75, 3.05) is 11.5 Å². The van der Waals surface area contributed by atoms with Gasteiger partial charge in [0.15, 0.2) is 0 Å². The van der Waals surface area contributed by atoms with E-state index in [4.69, 9.17) is 0 Å². The quantitative estimate of drug-likeness (QED) is 0.784. The van der Waals surface area contributed by atoms with Crippen LogP contribution in [0.25, 0.3) is 0 Å². The van der Waals surface area contributed by atoms with E-state index in [1.807, 2.05) is 6.92 Å². The highest BCUT2D eigenvalue weighted by atomic mass is 32.2. The smallest absolute Gasteiger partial charge is 0.353 e. The summed E-state index contributed by atoms with van der Waals surface area (Å²) in [6, 6.07) is -0.305. The van der Waals surface area contributed by atoms with E-state index in [1.54, 1.807) is 0 Å². The SMILES string of the molecule is CCCSCC(=O)NC1CCCC(C(F)(F)F)C1. The lowest BCUT2D eigenvalue weighted by atomic mass is 9.85. The third-order valence-electron chi connectivity index (χ3n) is 3.08. The third kappa shape index (κ3) is 5.50. The number of carbonyl (C=O) groups excluding carboxylic acids is 1. The zero-order chi connectivity index (χ0) is 13.6. The molecule has 0 bridgehead atoms. The van der Waals surface area contributed by atoms with E-state index in [0.29, 0.717) is 18.6 Å². The zero-order valence-corrected chi connectivity index (χ0v) is 11.4. The molecule has 106 valence electrons. The van der Waals surface area contributed by atoms with E-state index in [0.717, 1.165) is 12.2 Å². The van der Waals surface area contributed by atoms with Gasteiger partial charge in [-0.05, 0) is 31.4 Å². The first-order valence-corrected chi connectivity index (χ1v) is 7.52. The van der Waals surface area contributed by atoms with Crippen LogP contribution in [0.5, 0.6) is 0 Å². The van der Waals surface area contributed by atoms with Crippen molar-refractivity contribution in [2.24, 2.45) is 5.92 Å². The molecule has 1 aliphatic rings. The third-order valence-corrected chi connectivity index (χ3v) is 4.25. The summed E-state index contributed by atoms with van der Waals surface area (Å²) in [4.78, 5) is 11.5. The average molecular weight is 283 g/mol. The van der Waals surface area contributed by atoms with Crippen LogP contribution in [0.1, 0.15) is 39.0 Å². The van der Waals surface area contributed by atoms with Gasteiger partial charge in [-0.2, -0.15) is 24.9 Å². The van der Waals surface area contributed by atoms with E-state index in [2.05, 4.69) is 5.32 Å². The molecule has 1 amide bonds. The molecule has 1 fully saturated rings. The average Bonchev–Trinajstić information content (AvgIpc) is 2.28. The number of halogens is 3. The molecule has 0 radical (unpaired) electrons. The van der Waals surface area contributed by atoms with Crippen LogP contribution >= 0.6 is 11.8 Å². The molecule has 2 nitrogen and oxygen atoms in total. The monoisotopic (exact) mass is 283 g/mol. The Morgan fingerprint density at radius 1 is 1.39 bits per heavy atom. The standard InChI is InChI=1S/C12H20F3NOS/c1-2-6-18-8-11(17)16-10-5-3-4-9(7-10)12(13,14)15/h9-10H,2-8H2,1H3,(H,16,17). The molecule has 18 heavy (non-hydrogen) atoms. The van der Waals surface area contributed by atoms with Crippen molar-refractivity contribution in [3.8, 4) is 0 Å². The van der Waals surface area contributed by atoms with Crippen molar-refractivity contribution in [2.45, 2.75) is 51.2 Å². The maximum Gasteiger partial charge on any atom is 0.391 e. The Hall–Kier alpha value is -0.390. The van der Waals surface area contributed by atoms with Crippen molar-refractivity contribution in [1.29, 1.82) is 0 Å². The number of nitrogens with one attached hydrogen (secondary N) is 1. The number of thioether (sulfide) groups is 1. The first-order chi connectivity index (χ1) is 8.43. The number of hydrogen-bond acceptors (Lipinski definition) is 2. The van der Waals surface area contributed by atoms with Crippen LogP contribution in [0.2, 0.25) is 0 Å². The summed E-state index contributed by atoms with van der Waals surface area (Å²) in [5.74, 6) is -0.134. The van der Waals surface area contributed by atoms with Gasteiger partial charge in [-0.25, -0.2) is 0 Å². The van der Waals surface area contributed by atoms with Gasteiger partial charge in [0, 0.05) is 6.04 Å². The van der Waals surface area contributed by atoms with Gasteiger partial charge >= 0.3 is 6.18 Å². The summed E-state index contributed by atoms with van der Waals surface area (Å²) in [5.41, 5.74) is 0. The molecule has 6 heteroatoms. The summed E-state index contributed by atoms with van der Waals surface area (Å²) < 4.78 is 37.8. The van der Waals surface area contributed by atoms with Crippen molar-refractivity contribution in [1.82, 2.24) is 5.32 Å². The van der Waals surface area contributed by atoms with E-state index in [-0.39, 0.29) is 24.8 Å². The molecule has 1 saturated carbocycles. The molecule has 1 rings (SSSR count). The Labute approximate surface area is 110 Å². The topological polar surface area (TPSA) is 29.1 Å². The van der Waals surface area contributed by atoms with Gasteiger partial charge in [0.1, 0.15) is 0 Å². The lowest BCUT2D eigenvalue weighted by Crippen LogP contribution is -2.42. The van der Waals surface area contributed by atoms with Gasteiger partial charge in [0.2, 0.25) is 5.91 Å². The molecule has 0 saturated heterocycles. The number of carbonyl (C=O) groups is 1. The Balaban J connectivity index is 2.31. The van der Waals surface area contributed by atoms with Crippen molar-refractivity contribution >= 4 is 17.7 Å². The predicted molar refractivity (Wildman–Crippen MR) is 67.6 cm³/mol. The lowest BCUT2D eigenvalue weighted by molar-refractivity contribution is -0.184. The fourth-order valence-electron chi connectivity index (χ4n) is 2.20. The van der Waals surface area contributed by atoms with Crippen LogP contribution in [0.4, 0.5) is 13.2 Å². The highest BCUT2D eigenvalue weighted by Crippen LogP contribution is 2.37. The van der Waals surface area contributed by atoms with Crippen LogP contribution < -0.4 is 5.32 Å². The molecule has 0 heterocycles. The molecule has 0 aromatic carbocycles. The van der Waals surface area contributed by atoms with Gasteiger partial charge in [-0.1, -0.05) is 13.3 Å². The highest BCUT2D eigenvalue weighted by molar-refractivity contribution is 7.99. The molecule has 0 aromatic heterocycles. The van der Waals surface area contributed by atoms with Crippen LogP contribution in [0.15, 0.2) is 0 Å². The second kappa shape index (κ2) is 7.26. The number of hydrogen-bond donors (Lipinski definition) is 1. The molecule has 0 aliphatic heterocycles. The van der Waals surface area contributed by atoms with Gasteiger partial charge < -0.3 is 5.32 Å². The van der Waals surface area contributed by atoms with E-state index < -0.39 is 12.1 Å². The molecule has 0 aromatic rings. The number of rotatable bonds is 5. The van der Waals surface area contributed by atoms with Crippen molar-refractivity contribution in [3.05, 3.63) is 0 Å². The maximum atomic E-state index is 12.6. The summed E-state index contributed by atoms with van der Waals surface area (Å²) in [7, 11) is 0. The van der Waals surface area contributed by atoms with Crippen molar-refractivity contribution < 1.29 is 18.0 Å². The second-order valence-corrected chi connectivity index (χ2v) is 5.83. The molecule has 1 N–H and O–H groups in total. The Morgan fingerprint density at radius 3 is 2.72 bits per heavy atom. The normalized spacial score (nSPS) is 24.9. The molecule has 0 spiro atoms. The minimum atomic E-state index is -4.12. The van der Waals surface area contributed by atoms with Gasteiger partial charge in [-0.3, -0.25) is 4.79 Å². The summed E-state index contributed by atoms with van der Waals surface area (Å²) >= 11 is 1.52. The fourth-order valence-corrected chi connectivity index (χ4v) is 2.90. The number of amides is 1. The number of alkyl halides is 3. The summed E-state index contributed by atoms with van der Waals surface area (Å²) in [5, 5.41) is 2.72. The predicted octanol–water partition coefficient (Wildman–Crippen LogP) is 3.37. The first-order valence-electron chi connectivity index (χ1n) is 6.37. The highest BCUT2D eigenvalue weighted by Gasteiger charge is 2.42. The lowest BCUT2D eigenvalue weighted by Gasteiger charge is -2.31. The summed E-state index contributed by atoms with van der Waals surface area (Å²) in [6.07, 6.45) is -1.69. The molecule has 2 atom stereocenters.